The van der Waals surface area contributed by atoms with Crippen molar-refractivity contribution in [1.29, 1.82) is 0 Å². The summed E-state index contributed by atoms with van der Waals surface area (Å²) >= 11 is 0. The molecule has 0 N–H and O–H groups in total. The first kappa shape index (κ1) is 32.6. The third kappa shape index (κ3) is 5.02. The number of rotatable bonds is 14. The summed E-state index contributed by atoms with van der Waals surface area (Å²) in [7, 11) is -5.99. The number of hydrogen-bond donors (Lipinski definition) is 0. The summed E-state index contributed by atoms with van der Waals surface area (Å²) in [5, 5.41) is 8.22. The van der Waals surface area contributed by atoms with Gasteiger partial charge in [-0.2, -0.15) is 0 Å². The van der Waals surface area contributed by atoms with Crippen LogP contribution in [0.1, 0.15) is 108 Å². The summed E-state index contributed by atoms with van der Waals surface area (Å²) in [6, 6.07) is 21.3. The number of fused-ring (bicyclic) bond motifs is 2. The molecular formula is C34H66Si4. The minimum absolute atomic E-state index is 1.05. The molecule has 0 bridgehead atoms. The highest BCUT2D eigenvalue weighted by Crippen LogP contribution is 2.48. The molecule has 0 fully saturated rings. The van der Waals surface area contributed by atoms with Crippen molar-refractivity contribution in [3.05, 3.63) is 12.1 Å². The minimum atomic E-state index is -1.53. The summed E-state index contributed by atoms with van der Waals surface area (Å²) < 4.78 is 0. The van der Waals surface area contributed by atoms with E-state index in [0.717, 1.165) is 11.1 Å². The maximum atomic E-state index is 3.11. The van der Waals surface area contributed by atoms with Gasteiger partial charge >= 0.3 is 0 Å². The molecule has 4 heteroatoms. The first-order chi connectivity index (χ1) is 18.3. The molecule has 0 radical (unpaired) electrons. The van der Waals surface area contributed by atoms with Crippen LogP contribution in [0.4, 0.5) is 0 Å². The van der Waals surface area contributed by atoms with Crippen molar-refractivity contribution in [2.45, 2.75) is 179 Å². The number of hydrogen-bond acceptors (Lipinski definition) is 0. The molecule has 2 aliphatic rings. The highest BCUT2D eigenvalue weighted by Gasteiger charge is 2.56. The SMILES string of the molecule is CCCCC1C[Si](CC)(CC)c2cc3c(cc2[Si]1(CC)CC)[Si](CC)(CC)C(CCCC)C[Si]3(CC)CC. The van der Waals surface area contributed by atoms with Crippen LogP contribution in [0.25, 0.3) is 0 Å². The van der Waals surface area contributed by atoms with Crippen LogP contribution < -0.4 is 20.7 Å². The lowest BCUT2D eigenvalue weighted by molar-refractivity contribution is 0.672. The second-order valence-corrected chi connectivity index (χ2v) is 33.7. The summed E-state index contributed by atoms with van der Waals surface area (Å²) in [5.74, 6) is 0. The predicted molar refractivity (Wildman–Crippen MR) is 188 cm³/mol. The summed E-state index contributed by atoms with van der Waals surface area (Å²) in [4.78, 5) is 0. The quantitative estimate of drug-likeness (QED) is 0.190. The van der Waals surface area contributed by atoms with Crippen molar-refractivity contribution >= 4 is 53.0 Å². The van der Waals surface area contributed by atoms with Crippen LogP contribution in [0, 0.1) is 0 Å². The fourth-order valence-electron chi connectivity index (χ4n) is 10.2. The molecule has 0 aromatic heterocycles. The molecule has 0 aliphatic carbocycles. The molecule has 2 heterocycles. The van der Waals surface area contributed by atoms with Gasteiger partial charge in [0.2, 0.25) is 0 Å². The predicted octanol–water partition coefficient (Wildman–Crippen LogP) is 9.62. The lowest BCUT2D eigenvalue weighted by atomic mass is 10.2. The Hall–Kier alpha value is 0.0875. The molecule has 3 rings (SSSR count). The molecule has 2 aliphatic heterocycles. The highest BCUT2D eigenvalue weighted by molar-refractivity contribution is 7.09. The first-order valence-corrected chi connectivity index (χ1v) is 27.7. The van der Waals surface area contributed by atoms with E-state index in [1.807, 2.05) is 10.4 Å². The summed E-state index contributed by atoms with van der Waals surface area (Å²) in [6.07, 6.45) is 8.73. The normalized spacial score (nSPS) is 24.6. The van der Waals surface area contributed by atoms with Crippen molar-refractivity contribution in [2.24, 2.45) is 0 Å². The molecular weight excluding hydrogens is 521 g/mol. The highest BCUT2D eigenvalue weighted by atomic mass is 28.3. The van der Waals surface area contributed by atoms with Gasteiger partial charge in [-0.1, -0.05) is 201 Å². The van der Waals surface area contributed by atoms with E-state index in [0.29, 0.717) is 0 Å². The second-order valence-electron chi connectivity index (χ2n) is 13.7. The molecule has 2 atom stereocenters. The third-order valence-electron chi connectivity index (χ3n) is 13.3. The Balaban J connectivity index is 2.45. The van der Waals surface area contributed by atoms with Crippen LogP contribution in [-0.4, -0.2) is 32.3 Å². The van der Waals surface area contributed by atoms with E-state index in [4.69, 9.17) is 0 Å². The van der Waals surface area contributed by atoms with Gasteiger partial charge < -0.3 is 0 Å². The Morgan fingerprint density at radius 2 is 0.789 bits per heavy atom. The van der Waals surface area contributed by atoms with E-state index < -0.39 is 32.3 Å². The van der Waals surface area contributed by atoms with E-state index in [9.17, 15) is 0 Å². The minimum Gasteiger partial charge on any atom is -0.0675 e. The van der Waals surface area contributed by atoms with Crippen LogP contribution in [0.2, 0.25) is 71.5 Å². The first-order valence-electron chi connectivity index (χ1n) is 17.5. The molecule has 0 amide bonds. The fourth-order valence-corrected chi connectivity index (χ4v) is 37.0. The number of benzene rings is 1. The Morgan fingerprint density at radius 3 is 1.05 bits per heavy atom. The third-order valence-corrected chi connectivity index (χ3v) is 37.8. The van der Waals surface area contributed by atoms with Crippen LogP contribution in [0.3, 0.4) is 0 Å². The van der Waals surface area contributed by atoms with Crippen LogP contribution >= 0.6 is 0 Å². The van der Waals surface area contributed by atoms with Gasteiger partial charge in [0.15, 0.2) is 0 Å². The zero-order chi connectivity index (χ0) is 28.2. The average molecular weight is 587 g/mol. The topological polar surface area (TPSA) is 0 Å². The van der Waals surface area contributed by atoms with E-state index in [2.05, 4.69) is 91.7 Å². The van der Waals surface area contributed by atoms with Gasteiger partial charge in [-0.25, -0.2) is 0 Å². The van der Waals surface area contributed by atoms with Crippen molar-refractivity contribution in [3.8, 4) is 0 Å². The van der Waals surface area contributed by atoms with E-state index >= 15 is 0 Å². The van der Waals surface area contributed by atoms with Gasteiger partial charge in [-0.3, -0.25) is 0 Å². The Labute approximate surface area is 243 Å². The molecule has 0 saturated heterocycles. The van der Waals surface area contributed by atoms with E-state index in [-0.39, 0.29) is 0 Å². The lowest BCUT2D eigenvalue weighted by Crippen LogP contribution is -2.76. The monoisotopic (exact) mass is 586 g/mol. The van der Waals surface area contributed by atoms with E-state index in [1.54, 1.807) is 12.1 Å². The molecule has 0 spiro atoms. The zero-order valence-electron chi connectivity index (χ0n) is 27.6. The van der Waals surface area contributed by atoms with Gasteiger partial charge in [0, 0.05) is 0 Å². The molecule has 1 aromatic rings. The molecule has 0 saturated carbocycles. The molecule has 0 nitrogen and oxygen atoms in total. The summed E-state index contributed by atoms with van der Waals surface area (Å²) in [6.45, 7) is 25.7. The van der Waals surface area contributed by atoms with Crippen molar-refractivity contribution in [3.63, 3.8) is 0 Å². The molecule has 38 heavy (non-hydrogen) atoms. The second kappa shape index (κ2) is 13.4. The van der Waals surface area contributed by atoms with Crippen LogP contribution in [0.15, 0.2) is 12.1 Å². The Morgan fingerprint density at radius 1 is 0.474 bits per heavy atom. The van der Waals surface area contributed by atoms with Gasteiger partial charge in [-0.15, -0.1) is 0 Å². The average Bonchev–Trinajstić information content (AvgIpc) is 2.97. The van der Waals surface area contributed by atoms with Gasteiger partial charge in [0.25, 0.3) is 0 Å². The maximum absolute atomic E-state index is 3.11. The Bertz CT molecular complexity index is 821. The van der Waals surface area contributed by atoms with Gasteiger partial charge in [0.1, 0.15) is 0 Å². The molecule has 2 unspecified atom stereocenters. The van der Waals surface area contributed by atoms with Crippen LogP contribution in [0.5, 0.6) is 0 Å². The maximum Gasteiger partial charge on any atom is 0.0888 e. The lowest BCUT2D eigenvalue weighted by Gasteiger charge is -2.55. The zero-order valence-corrected chi connectivity index (χ0v) is 31.6. The number of unbranched alkanes of at least 4 members (excludes halogenated alkanes) is 2. The fraction of sp³-hybridized carbons (Fsp3) is 0.824. The van der Waals surface area contributed by atoms with Crippen molar-refractivity contribution < 1.29 is 0 Å². The summed E-state index contributed by atoms with van der Waals surface area (Å²) in [5.41, 5.74) is 2.10. The van der Waals surface area contributed by atoms with Gasteiger partial charge in [0.05, 0.1) is 32.3 Å². The molecule has 218 valence electrons. The van der Waals surface area contributed by atoms with Crippen molar-refractivity contribution in [1.82, 2.24) is 0 Å². The largest absolute Gasteiger partial charge is 0.0888 e. The molecule has 1 aromatic carbocycles. The standard InChI is InChI=1S/C34H66Si4/c1-11-21-23-29-27-35(13-3,14-4)31-25-32-34(26-33(31)37(29,17-7)18-8)38(19-9,20-10)30(24-22-12-2)28-36(32,15-5)16-6/h25-26,29-30H,11-24,27-28H2,1-10H3. The van der Waals surface area contributed by atoms with Crippen molar-refractivity contribution in [2.75, 3.05) is 0 Å². The van der Waals surface area contributed by atoms with E-state index in [1.165, 1.54) is 86.9 Å². The Kier molecular flexibility index (Phi) is 11.5. The smallest absolute Gasteiger partial charge is 0.0675 e. The van der Waals surface area contributed by atoms with Crippen LogP contribution in [-0.2, 0) is 0 Å². The van der Waals surface area contributed by atoms with Gasteiger partial charge in [-0.05, 0) is 11.1 Å².